The van der Waals surface area contributed by atoms with Crippen LogP contribution in [0.3, 0.4) is 0 Å². The van der Waals surface area contributed by atoms with E-state index in [2.05, 4.69) is 11.9 Å². The second kappa shape index (κ2) is 3.12. The van der Waals surface area contributed by atoms with Gasteiger partial charge in [-0.25, -0.2) is 9.78 Å². The van der Waals surface area contributed by atoms with Gasteiger partial charge in [0.2, 0.25) is 0 Å². The summed E-state index contributed by atoms with van der Waals surface area (Å²) < 4.78 is 1.85. The molecule has 0 bridgehead atoms. The molecule has 0 radical (unpaired) electrons. The number of carboxylic acids is 1. The van der Waals surface area contributed by atoms with Crippen LogP contribution < -0.4 is 0 Å². The molecule has 1 atom stereocenters. The number of aromatic carboxylic acids is 1. The number of aromatic nitrogens is 2. The topological polar surface area (TPSA) is 55.1 Å². The highest BCUT2D eigenvalue weighted by molar-refractivity contribution is 5.87. The van der Waals surface area contributed by atoms with E-state index in [4.69, 9.17) is 5.11 Å². The van der Waals surface area contributed by atoms with Crippen molar-refractivity contribution in [2.75, 3.05) is 0 Å². The summed E-state index contributed by atoms with van der Waals surface area (Å²) in [6.07, 6.45) is 2.00. The number of hydrogen-bond donors (Lipinski definition) is 1. The Bertz CT molecular complexity index is 382. The molecule has 1 aliphatic heterocycles. The highest BCUT2D eigenvalue weighted by Gasteiger charge is 2.24. The molecule has 0 aromatic carbocycles. The summed E-state index contributed by atoms with van der Waals surface area (Å²) >= 11 is 0. The molecule has 2 heterocycles. The zero-order chi connectivity index (χ0) is 10.3. The van der Waals surface area contributed by atoms with Gasteiger partial charge >= 0.3 is 5.97 Å². The van der Waals surface area contributed by atoms with Gasteiger partial charge in [0, 0.05) is 13.0 Å². The van der Waals surface area contributed by atoms with Crippen molar-refractivity contribution < 1.29 is 9.90 Å². The quantitative estimate of drug-likeness (QED) is 0.736. The van der Waals surface area contributed by atoms with Gasteiger partial charge in [-0.15, -0.1) is 0 Å². The molecule has 76 valence electrons. The summed E-state index contributed by atoms with van der Waals surface area (Å²) in [6.45, 7) is 4.70. The minimum absolute atomic E-state index is 0.367. The lowest BCUT2D eigenvalue weighted by Crippen LogP contribution is -2.21. The molecule has 0 saturated heterocycles. The molecule has 0 spiro atoms. The SMILES string of the molecule is Cc1nc2n(c1C(=O)O)CC(C)CC2. The van der Waals surface area contributed by atoms with Crippen LogP contribution in [0.2, 0.25) is 0 Å². The van der Waals surface area contributed by atoms with E-state index in [1.807, 2.05) is 4.57 Å². The standard InChI is InChI=1S/C10H14N2O2/c1-6-3-4-8-11-7(2)9(10(13)14)12(8)5-6/h6H,3-5H2,1-2H3,(H,13,14). The van der Waals surface area contributed by atoms with Crippen LogP contribution in [-0.4, -0.2) is 20.6 Å². The van der Waals surface area contributed by atoms with Gasteiger partial charge in [-0.2, -0.15) is 0 Å². The first-order valence-corrected chi connectivity index (χ1v) is 4.89. The van der Waals surface area contributed by atoms with Crippen molar-refractivity contribution in [3.8, 4) is 0 Å². The maximum atomic E-state index is 11.0. The smallest absolute Gasteiger partial charge is 0.354 e. The van der Waals surface area contributed by atoms with Crippen LogP contribution in [0.1, 0.15) is 35.4 Å². The Balaban J connectivity index is 2.50. The second-order valence-electron chi connectivity index (χ2n) is 4.02. The number of nitrogens with zero attached hydrogens (tertiary/aromatic N) is 2. The zero-order valence-electron chi connectivity index (χ0n) is 8.45. The van der Waals surface area contributed by atoms with Gasteiger partial charge in [-0.1, -0.05) is 6.92 Å². The summed E-state index contributed by atoms with van der Waals surface area (Å²) in [5, 5.41) is 9.04. The highest BCUT2D eigenvalue weighted by Crippen LogP contribution is 2.22. The summed E-state index contributed by atoms with van der Waals surface area (Å²) in [7, 11) is 0. The molecular weight excluding hydrogens is 180 g/mol. The van der Waals surface area contributed by atoms with Crippen LogP contribution in [-0.2, 0) is 13.0 Å². The van der Waals surface area contributed by atoms with Crippen molar-refractivity contribution in [2.45, 2.75) is 33.2 Å². The Labute approximate surface area is 82.6 Å². The maximum absolute atomic E-state index is 11.0. The van der Waals surface area contributed by atoms with Gasteiger partial charge < -0.3 is 9.67 Å². The van der Waals surface area contributed by atoms with Crippen LogP contribution in [0, 0.1) is 12.8 Å². The lowest BCUT2D eigenvalue weighted by Gasteiger charge is -2.20. The fourth-order valence-electron chi connectivity index (χ4n) is 2.07. The third-order valence-corrected chi connectivity index (χ3v) is 2.78. The molecule has 0 saturated carbocycles. The molecule has 1 aliphatic rings. The van der Waals surface area contributed by atoms with Crippen molar-refractivity contribution in [3.63, 3.8) is 0 Å². The van der Waals surface area contributed by atoms with Crippen molar-refractivity contribution in [1.82, 2.24) is 9.55 Å². The fourth-order valence-corrected chi connectivity index (χ4v) is 2.07. The van der Waals surface area contributed by atoms with E-state index >= 15 is 0 Å². The van der Waals surface area contributed by atoms with Crippen molar-refractivity contribution in [3.05, 3.63) is 17.2 Å². The highest BCUT2D eigenvalue weighted by atomic mass is 16.4. The minimum Gasteiger partial charge on any atom is -0.477 e. The first-order chi connectivity index (χ1) is 6.59. The van der Waals surface area contributed by atoms with E-state index in [9.17, 15) is 4.79 Å². The van der Waals surface area contributed by atoms with Crippen molar-refractivity contribution in [2.24, 2.45) is 5.92 Å². The Morgan fingerprint density at radius 3 is 3.00 bits per heavy atom. The van der Waals surface area contributed by atoms with Gasteiger partial charge in [-0.05, 0) is 19.3 Å². The Hall–Kier alpha value is -1.32. The molecular formula is C10H14N2O2. The lowest BCUT2D eigenvalue weighted by molar-refractivity contribution is 0.0681. The number of carbonyl (C=O) groups is 1. The first-order valence-electron chi connectivity index (χ1n) is 4.89. The number of aryl methyl sites for hydroxylation is 2. The third-order valence-electron chi connectivity index (χ3n) is 2.78. The second-order valence-corrected chi connectivity index (χ2v) is 4.02. The molecule has 0 amide bonds. The first kappa shape index (κ1) is 9.24. The minimum atomic E-state index is -0.865. The van der Waals surface area contributed by atoms with Crippen LogP contribution >= 0.6 is 0 Å². The largest absolute Gasteiger partial charge is 0.477 e. The molecule has 1 aromatic heterocycles. The molecule has 1 N–H and O–H groups in total. The maximum Gasteiger partial charge on any atom is 0.354 e. The number of fused-ring (bicyclic) bond motifs is 1. The average molecular weight is 194 g/mol. The fraction of sp³-hybridized carbons (Fsp3) is 0.600. The molecule has 1 aromatic rings. The molecule has 4 heteroatoms. The monoisotopic (exact) mass is 194 g/mol. The van der Waals surface area contributed by atoms with Crippen LogP contribution in [0.4, 0.5) is 0 Å². The molecule has 4 nitrogen and oxygen atoms in total. The molecule has 2 rings (SSSR count). The summed E-state index contributed by atoms with van der Waals surface area (Å²) in [6, 6.07) is 0. The lowest BCUT2D eigenvalue weighted by atomic mass is 10.0. The normalized spacial score (nSPS) is 20.6. The summed E-state index contributed by atoms with van der Waals surface area (Å²) in [5.74, 6) is 0.613. The van der Waals surface area contributed by atoms with Gasteiger partial charge in [0.25, 0.3) is 0 Å². The Morgan fingerprint density at radius 2 is 2.36 bits per heavy atom. The van der Waals surface area contributed by atoms with Crippen molar-refractivity contribution >= 4 is 5.97 Å². The third kappa shape index (κ3) is 1.31. The predicted molar refractivity (Wildman–Crippen MR) is 51.4 cm³/mol. The van der Waals surface area contributed by atoms with Crippen LogP contribution in [0.25, 0.3) is 0 Å². The van der Waals surface area contributed by atoms with E-state index in [1.54, 1.807) is 6.92 Å². The Kier molecular flexibility index (Phi) is 2.06. The number of carboxylic acid groups (broad SMARTS) is 1. The molecule has 1 unspecified atom stereocenters. The van der Waals surface area contributed by atoms with E-state index in [0.717, 1.165) is 25.2 Å². The van der Waals surface area contributed by atoms with Gasteiger partial charge in [0.05, 0.1) is 5.69 Å². The number of imidazole rings is 1. The van der Waals surface area contributed by atoms with E-state index in [0.29, 0.717) is 17.3 Å². The van der Waals surface area contributed by atoms with E-state index in [1.165, 1.54) is 0 Å². The van der Waals surface area contributed by atoms with Crippen LogP contribution in [0.15, 0.2) is 0 Å². The number of hydrogen-bond acceptors (Lipinski definition) is 2. The molecule has 14 heavy (non-hydrogen) atoms. The molecule has 0 aliphatic carbocycles. The van der Waals surface area contributed by atoms with Crippen LogP contribution in [0.5, 0.6) is 0 Å². The summed E-state index contributed by atoms with van der Waals surface area (Å²) in [4.78, 5) is 15.3. The average Bonchev–Trinajstić information content (AvgIpc) is 2.40. The predicted octanol–water partition coefficient (Wildman–Crippen LogP) is 1.47. The Morgan fingerprint density at radius 1 is 1.64 bits per heavy atom. The van der Waals surface area contributed by atoms with E-state index < -0.39 is 5.97 Å². The van der Waals surface area contributed by atoms with Crippen molar-refractivity contribution in [1.29, 1.82) is 0 Å². The summed E-state index contributed by atoms with van der Waals surface area (Å²) in [5.41, 5.74) is 1.01. The van der Waals surface area contributed by atoms with E-state index in [-0.39, 0.29) is 0 Å². The number of rotatable bonds is 1. The van der Waals surface area contributed by atoms with Gasteiger partial charge in [-0.3, -0.25) is 0 Å². The molecule has 0 fully saturated rings. The van der Waals surface area contributed by atoms with Gasteiger partial charge in [0.1, 0.15) is 11.5 Å². The zero-order valence-corrected chi connectivity index (χ0v) is 8.45. The van der Waals surface area contributed by atoms with Gasteiger partial charge in [0.15, 0.2) is 0 Å².